The average molecular weight is 282 g/mol. The van der Waals surface area contributed by atoms with Crippen LogP contribution in [0, 0.1) is 0 Å². The number of hydrazine groups is 1. The van der Waals surface area contributed by atoms with Crippen LogP contribution in [0.25, 0.3) is 0 Å². The van der Waals surface area contributed by atoms with Gasteiger partial charge in [0.2, 0.25) is 5.91 Å². The second kappa shape index (κ2) is 5.61. The average Bonchev–Trinajstić information content (AvgIpc) is 2.97. The summed E-state index contributed by atoms with van der Waals surface area (Å²) < 4.78 is 0. The fourth-order valence-electron chi connectivity index (χ4n) is 1.21. The standard InChI is InChI=1S/C10H10N4O2S2/c11-10-12-6(5-18-10)4-8(15)13-14-9(16)7-2-1-3-17-7/h1-3,5H,4H2,(H2,11,12)(H,13,15)(H,14,16). The number of anilines is 1. The fraction of sp³-hybridized carbons (Fsp3) is 0.100. The molecule has 0 saturated carbocycles. The van der Waals surface area contributed by atoms with E-state index in [4.69, 9.17) is 5.73 Å². The minimum Gasteiger partial charge on any atom is -0.375 e. The van der Waals surface area contributed by atoms with Crippen LogP contribution in [0.4, 0.5) is 5.13 Å². The molecular formula is C10H10N4O2S2. The minimum absolute atomic E-state index is 0.0818. The van der Waals surface area contributed by atoms with E-state index in [1.807, 2.05) is 0 Å². The molecule has 0 aliphatic heterocycles. The molecule has 0 spiro atoms. The highest BCUT2D eigenvalue weighted by molar-refractivity contribution is 7.13. The molecule has 18 heavy (non-hydrogen) atoms. The summed E-state index contributed by atoms with van der Waals surface area (Å²) in [5.41, 5.74) is 10.7. The molecule has 0 unspecified atom stereocenters. The summed E-state index contributed by atoms with van der Waals surface area (Å²) in [5, 5.41) is 3.91. The number of thiazole rings is 1. The van der Waals surface area contributed by atoms with Gasteiger partial charge in [-0.1, -0.05) is 6.07 Å². The Morgan fingerprint density at radius 2 is 2.17 bits per heavy atom. The van der Waals surface area contributed by atoms with E-state index in [0.717, 1.165) is 0 Å². The van der Waals surface area contributed by atoms with Crippen molar-refractivity contribution in [1.82, 2.24) is 15.8 Å². The molecule has 0 atom stereocenters. The number of rotatable bonds is 3. The Morgan fingerprint density at radius 3 is 2.78 bits per heavy atom. The number of hydrogen-bond acceptors (Lipinski definition) is 6. The molecule has 0 saturated heterocycles. The van der Waals surface area contributed by atoms with Gasteiger partial charge in [-0.3, -0.25) is 20.4 Å². The lowest BCUT2D eigenvalue weighted by Crippen LogP contribution is -2.42. The van der Waals surface area contributed by atoms with Gasteiger partial charge in [-0.25, -0.2) is 4.98 Å². The van der Waals surface area contributed by atoms with Gasteiger partial charge < -0.3 is 5.73 Å². The third kappa shape index (κ3) is 3.28. The second-order valence-electron chi connectivity index (χ2n) is 3.33. The molecule has 94 valence electrons. The van der Waals surface area contributed by atoms with Gasteiger partial charge in [-0.2, -0.15) is 0 Å². The maximum Gasteiger partial charge on any atom is 0.279 e. The van der Waals surface area contributed by atoms with E-state index in [-0.39, 0.29) is 18.2 Å². The van der Waals surface area contributed by atoms with Crippen molar-refractivity contribution in [2.45, 2.75) is 6.42 Å². The van der Waals surface area contributed by atoms with Crippen LogP contribution in [0.15, 0.2) is 22.9 Å². The number of aromatic nitrogens is 1. The van der Waals surface area contributed by atoms with Crippen LogP contribution in [-0.2, 0) is 11.2 Å². The number of nitrogens with one attached hydrogen (secondary N) is 2. The van der Waals surface area contributed by atoms with E-state index in [9.17, 15) is 9.59 Å². The summed E-state index contributed by atoms with van der Waals surface area (Å²) in [5.74, 6) is -0.679. The van der Waals surface area contributed by atoms with E-state index < -0.39 is 0 Å². The summed E-state index contributed by atoms with van der Waals surface area (Å²) in [7, 11) is 0. The SMILES string of the molecule is Nc1nc(CC(=O)NNC(=O)c2cccs2)cs1. The Hall–Kier alpha value is -1.93. The molecule has 2 aromatic heterocycles. The summed E-state index contributed by atoms with van der Waals surface area (Å²) >= 11 is 2.57. The summed E-state index contributed by atoms with van der Waals surface area (Å²) in [6, 6.07) is 3.44. The third-order valence-corrected chi connectivity index (χ3v) is 3.56. The number of carbonyl (C=O) groups is 2. The fourth-order valence-corrected chi connectivity index (χ4v) is 2.39. The van der Waals surface area contributed by atoms with Crippen molar-refractivity contribution in [3.63, 3.8) is 0 Å². The Morgan fingerprint density at radius 1 is 1.33 bits per heavy atom. The van der Waals surface area contributed by atoms with Crippen LogP contribution in [0.2, 0.25) is 0 Å². The van der Waals surface area contributed by atoms with Crippen molar-refractivity contribution in [1.29, 1.82) is 0 Å². The third-order valence-electron chi connectivity index (χ3n) is 1.97. The smallest absolute Gasteiger partial charge is 0.279 e. The highest BCUT2D eigenvalue weighted by Gasteiger charge is 2.09. The van der Waals surface area contributed by atoms with Crippen LogP contribution in [0.3, 0.4) is 0 Å². The van der Waals surface area contributed by atoms with Crippen molar-refractivity contribution in [2.75, 3.05) is 5.73 Å². The normalized spacial score (nSPS) is 10.0. The zero-order valence-corrected chi connectivity index (χ0v) is 10.8. The molecule has 0 bridgehead atoms. The van der Waals surface area contributed by atoms with Gasteiger partial charge in [0.15, 0.2) is 5.13 Å². The number of nitrogens with zero attached hydrogens (tertiary/aromatic N) is 1. The monoisotopic (exact) mass is 282 g/mol. The van der Waals surface area contributed by atoms with Gasteiger partial charge >= 0.3 is 0 Å². The van der Waals surface area contributed by atoms with Crippen LogP contribution < -0.4 is 16.6 Å². The number of hydrogen-bond donors (Lipinski definition) is 3. The lowest BCUT2D eigenvalue weighted by Gasteiger charge is -2.04. The van der Waals surface area contributed by atoms with Crippen LogP contribution >= 0.6 is 22.7 Å². The zero-order valence-electron chi connectivity index (χ0n) is 9.17. The van der Waals surface area contributed by atoms with Crippen LogP contribution in [0.5, 0.6) is 0 Å². The van der Waals surface area contributed by atoms with Gasteiger partial charge in [0.25, 0.3) is 5.91 Å². The van der Waals surface area contributed by atoms with E-state index >= 15 is 0 Å². The highest BCUT2D eigenvalue weighted by Crippen LogP contribution is 2.11. The number of amides is 2. The first kappa shape index (κ1) is 12.5. The van der Waals surface area contributed by atoms with Gasteiger partial charge in [-0.15, -0.1) is 22.7 Å². The number of thiophene rings is 1. The van der Waals surface area contributed by atoms with Gasteiger partial charge in [0.1, 0.15) is 0 Å². The second-order valence-corrected chi connectivity index (χ2v) is 5.17. The topological polar surface area (TPSA) is 97.1 Å². The molecule has 0 aliphatic rings. The lowest BCUT2D eigenvalue weighted by atomic mass is 10.3. The number of carbonyl (C=O) groups excluding carboxylic acids is 2. The van der Waals surface area contributed by atoms with Gasteiger partial charge in [0, 0.05) is 5.38 Å². The Bertz CT molecular complexity index is 550. The van der Waals surface area contributed by atoms with E-state index in [0.29, 0.717) is 15.7 Å². The van der Waals surface area contributed by atoms with Gasteiger partial charge in [0.05, 0.1) is 17.0 Å². The summed E-state index contributed by atoms with van der Waals surface area (Å²) in [4.78, 5) is 27.5. The van der Waals surface area contributed by atoms with Crippen LogP contribution in [0.1, 0.15) is 15.4 Å². The summed E-state index contributed by atoms with van der Waals surface area (Å²) in [6.45, 7) is 0. The largest absolute Gasteiger partial charge is 0.375 e. The van der Waals surface area contributed by atoms with Gasteiger partial charge in [-0.05, 0) is 11.4 Å². The maximum absolute atomic E-state index is 11.5. The molecule has 2 rings (SSSR count). The Kier molecular flexibility index (Phi) is 3.90. The first-order chi connectivity index (χ1) is 8.65. The first-order valence-corrected chi connectivity index (χ1v) is 6.73. The molecule has 2 aromatic rings. The molecule has 8 heteroatoms. The van der Waals surface area contributed by atoms with Crippen molar-refractivity contribution in [2.24, 2.45) is 0 Å². The summed E-state index contributed by atoms with van der Waals surface area (Å²) in [6.07, 6.45) is 0.0818. The zero-order chi connectivity index (χ0) is 13.0. The molecule has 0 aromatic carbocycles. The van der Waals surface area contributed by atoms with Crippen LogP contribution in [-0.4, -0.2) is 16.8 Å². The number of nitrogen functional groups attached to an aromatic ring is 1. The maximum atomic E-state index is 11.5. The van der Waals surface area contributed by atoms with E-state index in [1.54, 1.807) is 22.9 Å². The van der Waals surface area contributed by atoms with E-state index in [1.165, 1.54) is 22.7 Å². The molecule has 4 N–H and O–H groups in total. The lowest BCUT2D eigenvalue weighted by molar-refractivity contribution is -0.121. The predicted octanol–water partition coefficient (Wildman–Crippen LogP) is 0.791. The quantitative estimate of drug-likeness (QED) is 0.725. The Labute approximate surface area is 111 Å². The predicted molar refractivity (Wildman–Crippen MR) is 70.2 cm³/mol. The van der Waals surface area contributed by atoms with Crippen molar-refractivity contribution >= 4 is 39.6 Å². The minimum atomic E-state index is -0.342. The molecule has 0 aliphatic carbocycles. The molecule has 2 amide bonds. The number of nitrogens with two attached hydrogens (primary N) is 1. The van der Waals surface area contributed by atoms with Crippen molar-refractivity contribution < 1.29 is 9.59 Å². The van der Waals surface area contributed by atoms with Crippen molar-refractivity contribution in [3.05, 3.63) is 33.5 Å². The molecular weight excluding hydrogens is 272 g/mol. The van der Waals surface area contributed by atoms with Crippen molar-refractivity contribution in [3.8, 4) is 0 Å². The molecule has 2 heterocycles. The Balaban J connectivity index is 1.80. The highest BCUT2D eigenvalue weighted by atomic mass is 32.1. The molecule has 0 fully saturated rings. The molecule has 6 nitrogen and oxygen atoms in total. The molecule has 0 radical (unpaired) electrons. The van der Waals surface area contributed by atoms with E-state index in [2.05, 4.69) is 15.8 Å². The first-order valence-electron chi connectivity index (χ1n) is 4.97.